The molecule has 2 unspecified atom stereocenters. The quantitative estimate of drug-likeness (QED) is 0.732. The van der Waals surface area contributed by atoms with Gasteiger partial charge in [0.05, 0.1) is 10.9 Å². The molecule has 1 aromatic rings. The highest BCUT2D eigenvalue weighted by molar-refractivity contribution is 7.09. The zero-order valence-corrected chi connectivity index (χ0v) is 11.5. The molecule has 1 aliphatic heterocycles. The molecule has 0 bridgehead atoms. The van der Waals surface area contributed by atoms with Gasteiger partial charge in [0.15, 0.2) is 5.69 Å². The third kappa shape index (κ3) is 3.51. The summed E-state index contributed by atoms with van der Waals surface area (Å²) in [5, 5.41) is 17.1. The molecular weight excluding hydrogens is 266 g/mol. The SMILES string of the molecule is CC1NCCC1C(=O)NCCc1nc(C(=O)O)cs1. The number of rotatable bonds is 5. The van der Waals surface area contributed by atoms with E-state index < -0.39 is 5.97 Å². The molecule has 2 rings (SSSR count). The van der Waals surface area contributed by atoms with Gasteiger partial charge >= 0.3 is 5.97 Å². The Hall–Kier alpha value is -1.47. The van der Waals surface area contributed by atoms with Crippen molar-refractivity contribution < 1.29 is 14.7 Å². The van der Waals surface area contributed by atoms with E-state index in [2.05, 4.69) is 15.6 Å². The van der Waals surface area contributed by atoms with Crippen molar-refractivity contribution in [2.24, 2.45) is 5.92 Å². The van der Waals surface area contributed by atoms with Crippen LogP contribution in [-0.4, -0.2) is 41.1 Å². The number of carbonyl (C=O) groups excluding carboxylic acids is 1. The molecule has 0 saturated carbocycles. The Bertz CT molecular complexity index is 475. The van der Waals surface area contributed by atoms with Gasteiger partial charge in [0, 0.05) is 24.4 Å². The number of carboxylic acids is 1. The monoisotopic (exact) mass is 283 g/mol. The lowest BCUT2D eigenvalue weighted by atomic mass is 10.0. The van der Waals surface area contributed by atoms with Crippen molar-refractivity contribution in [1.82, 2.24) is 15.6 Å². The van der Waals surface area contributed by atoms with Crippen LogP contribution >= 0.6 is 11.3 Å². The smallest absolute Gasteiger partial charge is 0.355 e. The zero-order valence-electron chi connectivity index (χ0n) is 10.7. The van der Waals surface area contributed by atoms with E-state index in [-0.39, 0.29) is 23.6 Å². The average molecular weight is 283 g/mol. The first-order chi connectivity index (χ1) is 9.08. The second-order valence-electron chi connectivity index (χ2n) is 4.61. The summed E-state index contributed by atoms with van der Waals surface area (Å²) in [7, 11) is 0. The van der Waals surface area contributed by atoms with Gasteiger partial charge in [0.25, 0.3) is 0 Å². The summed E-state index contributed by atoms with van der Waals surface area (Å²) in [4.78, 5) is 26.5. The minimum atomic E-state index is -1.02. The number of carbonyl (C=O) groups is 2. The van der Waals surface area contributed by atoms with E-state index in [1.807, 2.05) is 6.92 Å². The summed E-state index contributed by atoms with van der Waals surface area (Å²) in [6.45, 7) is 3.39. The predicted molar refractivity (Wildman–Crippen MR) is 71.4 cm³/mol. The number of aromatic nitrogens is 1. The third-order valence-electron chi connectivity index (χ3n) is 3.27. The van der Waals surface area contributed by atoms with Crippen molar-refractivity contribution in [3.05, 3.63) is 16.1 Å². The molecular formula is C12H17N3O3S. The number of carboxylic acid groups (broad SMARTS) is 1. The summed E-state index contributed by atoms with van der Waals surface area (Å²) in [5.41, 5.74) is 0.0694. The second kappa shape index (κ2) is 6.12. The predicted octanol–water partition coefficient (Wildman–Crippen LogP) is 0.498. The van der Waals surface area contributed by atoms with E-state index in [4.69, 9.17) is 5.11 Å². The highest BCUT2D eigenvalue weighted by Gasteiger charge is 2.28. The molecule has 0 aromatic carbocycles. The summed E-state index contributed by atoms with van der Waals surface area (Å²) >= 11 is 1.31. The number of nitrogens with zero attached hydrogens (tertiary/aromatic N) is 1. The van der Waals surface area contributed by atoms with Crippen LogP contribution in [0.15, 0.2) is 5.38 Å². The van der Waals surface area contributed by atoms with E-state index in [0.717, 1.165) is 18.0 Å². The average Bonchev–Trinajstić information content (AvgIpc) is 2.97. The zero-order chi connectivity index (χ0) is 13.8. The van der Waals surface area contributed by atoms with Crippen LogP contribution in [0.5, 0.6) is 0 Å². The highest BCUT2D eigenvalue weighted by atomic mass is 32.1. The molecule has 3 N–H and O–H groups in total. The Morgan fingerprint density at radius 2 is 2.42 bits per heavy atom. The summed E-state index contributed by atoms with van der Waals surface area (Å²) in [6, 6.07) is 0.221. The van der Waals surface area contributed by atoms with Crippen LogP contribution in [0.3, 0.4) is 0 Å². The van der Waals surface area contributed by atoms with Crippen molar-refractivity contribution in [3.63, 3.8) is 0 Å². The van der Waals surface area contributed by atoms with E-state index in [1.54, 1.807) is 0 Å². The van der Waals surface area contributed by atoms with Gasteiger partial charge in [-0.1, -0.05) is 0 Å². The number of amides is 1. The lowest BCUT2D eigenvalue weighted by molar-refractivity contribution is -0.125. The molecule has 104 valence electrons. The van der Waals surface area contributed by atoms with Crippen molar-refractivity contribution in [2.45, 2.75) is 25.8 Å². The van der Waals surface area contributed by atoms with Crippen molar-refractivity contribution in [2.75, 3.05) is 13.1 Å². The molecule has 0 spiro atoms. The molecule has 1 aliphatic rings. The lowest BCUT2D eigenvalue weighted by Crippen LogP contribution is -2.37. The van der Waals surface area contributed by atoms with Crippen molar-refractivity contribution >= 4 is 23.2 Å². The van der Waals surface area contributed by atoms with Crippen LogP contribution in [0.4, 0.5) is 0 Å². The molecule has 2 heterocycles. The van der Waals surface area contributed by atoms with E-state index >= 15 is 0 Å². The maximum Gasteiger partial charge on any atom is 0.355 e. The van der Waals surface area contributed by atoms with Crippen LogP contribution in [0.25, 0.3) is 0 Å². The van der Waals surface area contributed by atoms with Crippen LogP contribution in [0.2, 0.25) is 0 Å². The van der Waals surface area contributed by atoms with Gasteiger partial charge in [-0.15, -0.1) is 11.3 Å². The fraction of sp³-hybridized carbons (Fsp3) is 0.583. The first-order valence-corrected chi connectivity index (χ1v) is 7.14. The topological polar surface area (TPSA) is 91.3 Å². The highest BCUT2D eigenvalue weighted by Crippen LogP contribution is 2.15. The van der Waals surface area contributed by atoms with Crippen LogP contribution < -0.4 is 10.6 Å². The molecule has 19 heavy (non-hydrogen) atoms. The fourth-order valence-corrected chi connectivity index (χ4v) is 2.94. The molecule has 0 radical (unpaired) electrons. The third-order valence-corrected chi connectivity index (χ3v) is 4.18. The molecule has 6 nitrogen and oxygen atoms in total. The van der Waals surface area contributed by atoms with Gasteiger partial charge in [-0.05, 0) is 19.9 Å². The minimum absolute atomic E-state index is 0.0332. The van der Waals surface area contributed by atoms with E-state index in [0.29, 0.717) is 13.0 Å². The summed E-state index contributed by atoms with van der Waals surface area (Å²) in [6.07, 6.45) is 1.44. The Kier molecular flexibility index (Phi) is 4.49. The normalized spacial score (nSPS) is 22.4. The maximum absolute atomic E-state index is 11.9. The minimum Gasteiger partial charge on any atom is -0.476 e. The van der Waals surface area contributed by atoms with Gasteiger partial charge in [-0.2, -0.15) is 0 Å². The molecule has 0 aliphatic carbocycles. The van der Waals surface area contributed by atoms with Crippen LogP contribution in [0.1, 0.15) is 28.8 Å². The molecule has 1 saturated heterocycles. The van der Waals surface area contributed by atoms with Gasteiger partial charge in [-0.25, -0.2) is 9.78 Å². The molecule has 1 aromatic heterocycles. The Balaban J connectivity index is 1.76. The van der Waals surface area contributed by atoms with Gasteiger partial charge in [0.2, 0.25) is 5.91 Å². The number of nitrogens with one attached hydrogen (secondary N) is 2. The largest absolute Gasteiger partial charge is 0.476 e. The van der Waals surface area contributed by atoms with Crippen molar-refractivity contribution in [1.29, 1.82) is 0 Å². The van der Waals surface area contributed by atoms with Crippen molar-refractivity contribution in [3.8, 4) is 0 Å². The first kappa shape index (κ1) is 14.0. The molecule has 2 atom stereocenters. The molecule has 1 fully saturated rings. The van der Waals surface area contributed by atoms with Gasteiger partial charge < -0.3 is 15.7 Å². The van der Waals surface area contributed by atoms with Crippen LogP contribution in [-0.2, 0) is 11.2 Å². The summed E-state index contributed by atoms with van der Waals surface area (Å²) < 4.78 is 0. The lowest BCUT2D eigenvalue weighted by Gasteiger charge is -2.14. The summed E-state index contributed by atoms with van der Waals surface area (Å²) in [5.74, 6) is -0.921. The first-order valence-electron chi connectivity index (χ1n) is 6.26. The van der Waals surface area contributed by atoms with Gasteiger partial charge in [-0.3, -0.25) is 4.79 Å². The maximum atomic E-state index is 11.9. The number of hydrogen-bond donors (Lipinski definition) is 3. The molecule has 1 amide bonds. The number of thiazole rings is 1. The molecule has 7 heteroatoms. The Morgan fingerprint density at radius 1 is 1.63 bits per heavy atom. The fourth-order valence-electron chi connectivity index (χ4n) is 2.16. The van der Waals surface area contributed by atoms with E-state index in [1.165, 1.54) is 16.7 Å². The Morgan fingerprint density at radius 3 is 3.00 bits per heavy atom. The second-order valence-corrected chi connectivity index (χ2v) is 5.55. The van der Waals surface area contributed by atoms with E-state index in [9.17, 15) is 9.59 Å². The standard InChI is InChI=1S/C12H17N3O3S/c1-7-8(2-4-13-7)11(16)14-5-3-10-15-9(6-19-10)12(17)18/h6-8,13H,2-5H2,1H3,(H,14,16)(H,17,18). The number of aromatic carboxylic acids is 1. The number of hydrogen-bond acceptors (Lipinski definition) is 5. The Labute approximate surface area is 115 Å². The van der Waals surface area contributed by atoms with Crippen LogP contribution in [0, 0.1) is 5.92 Å². The van der Waals surface area contributed by atoms with Gasteiger partial charge in [0.1, 0.15) is 0 Å².